The summed E-state index contributed by atoms with van der Waals surface area (Å²) in [5.41, 5.74) is 0.739. The fourth-order valence-corrected chi connectivity index (χ4v) is 2.06. The second-order valence-electron chi connectivity index (χ2n) is 4.81. The molecule has 1 aromatic rings. The number of benzene rings is 1. The van der Waals surface area contributed by atoms with Crippen molar-refractivity contribution in [3.63, 3.8) is 0 Å². The van der Waals surface area contributed by atoms with Crippen LogP contribution < -0.4 is 5.32 Å². The van der Waals surface area contributed by atoms with Crippen LogP contribution in [0.5, 0.6) is 0 Å². The van der Waals surface area contributed by atoms with Crippen molar-refractivity contribution in [3.8, 4) is 0 Å². The quantitative estimate of drug-likeness (QED) is 0.835. The molecule has 0 aliphatic heterocycles. The van der Waals surface area contributed by atoms with Crippen molar-refractivity contribution in [2.75, 3.05) is 13.6 Å². The normalized spacial score (nSPS) is 15.7. The Morgan fingerprint density at radius 3 is 2.58 bits per heavy atom. The molecule has 1 aliphatic rings. The first-order valence-electron chi connectivity index (χ1n) is 6.31. The molecule has 1 N–H and O–H groups in total. The molecule has 0 aromatic heterocycles. The molecule has 1 unspecified atom stereocenters. The van der Waals surface area contributed by atoms with E-state index >= 15 is 0 Å². The summed E-state index contributed by atoms with van der Waals surface area (Å²) in [5.74, 6) is -0.394. The molecule has 1 aromatic carbocycles. The lowest BCUT2D eigenvalue weighted by atomic mass is 10.1. The fourth-order valence-electron chi connectivity index (χ4n) is 1.75. The van der Waals surface area contributed by atoms with Crippen LogP contribution in [0, 0.1) is 0 Å². The molecule has 1 aliphatic carbocycles. The van der Waals surface area contributed by atoms with Gasteiger partial charge in [-0.25, -0.2) is 0 Å². The Morgan fingerprint density at radius 1 is 1.37 bits per heavy atom. The van der Waals surface area contributed by atoms with Crippen LogP contribution in [0.25, 0.3) is 0 Å². The highest BCUT2D eigenvalue weighted by molar-refractivity contribution is 6.30. The van der Waals surface area contributed by atoms with Gasteiger partial charge in [-0.05, 0) is 18.4 Å². The Kier molecular flexibility index (Phi) is 4.43. The number of alkyl halides is 1. The molecule has 0 heterocycles. The predicted molar refractivity (Wildman–Crippen MR) is 73.8 cm³/mol. The molecule has 2 amide bonds. The molecule has 4 nitrogen and oxygen atoms in total. The highest BCUT2D eigenvalue weighted by Gasteiger charge is 2.26. The van der Waals surface area contributed by atoms with Gasteiger partial charge in [-0.2, -0.15) is 0 Å². The van der Waals surface area contributed by atoms with Crippen LogP contribution in [0.1, 0.15) is 23.8 Å². The zero-order valence-corrected chi connectivity index (χ0v) is 11.6. The Hall–Kier alpha value is -1.55. The maximum Gasteiger partial charge on any atom is 0.245 e. The number of rotatable bonds is 5. The van der Waals surface area contributed by atoms with E-state index in [0.29, 0.717) is 6.04 Å². The van der Waals surface area contributed by atoms with E-state index in [0.717, 1.165) is 18.4 Å². The third-order valence-corrected chi connectivity index (χ3v) is 3.45. The SMILES string of the molecule is CN(CC(=O)NC1CC1)C(=O)C(Cl)c1ccccc1. The minimum atomic E-state index is -0.750. The smallest absolute Gasteiger partial charge is 0.245 e. The molecule has 0 radical (unpaired) electrons. The predicted octanol–water partition coefficient (Wildman–Crippen LogP) is 1.70. The van der Waals surface area contributed by atoms with E-state index in [-0.39, 0.29) is 18.4 Å². The standard InChI is InChI=1S/C14H17ClN2O2/c1-17(9-12(18)16-11-7-8-11)14(19)13(15)10-5-3-2-4-6-10/h2-6,11,13H,7-9H2,1H3,(H,16,18). The van der Waals surface area contributed by atoms with Gasteiger partial charge in [0.2, 0.25) is 11.8 Å². The summed E-state index contributed by atoms with van der Waals surface area (Å²) in [6.45, 7) is 0.0470. The lowest BCUT2D eigenvalue weighted by Crippen LogP contribution is -2.40. The van der Waals surface area contributed by atoms with Gasteiger partial charge in [0.15, 0.2) is 0 Å². The van der Waals surface area contributed by atoms with Gasteiger partial charge in [0.05, 0.1) is 6.54 Å². The van der Waals surface area contributed by atoms with Crippen LogP contribution >= 0.6 is 11.6 Å². The summed E-state index contributed by atoms with van der Waals surface area (Å²) in [5, 5.41) is 2.09. The van der Waals surface area contributed by atoms with Gasteiger partial charge in [0, 0.05) is 13.1 Å². The third-order valence-electron chi connectivity index (χ3n) is 3.01. The maximum atomic E-state index is 12.1. The Labute approximate surface area is 117 Å². The first kappa shape index (κ1) is 13.9. The van der Waals surface area contributed by atoms with E-state index in [1.807, 2.05) is 18.2 Å². The second-order valence-corrected chi connectivity index (χ2v) is 5.25. The molecular formula is C14H17ClN2O2. The summed E-state index contributed by atoms with van der Waals surface area (Å²) in [6.07, 6.45) is 2.07. The summed E-state index contributed by atoms with van der Waals surface area (Å²) in [6, 6.07) is 9.43. The molecule has 1 atom stereocenters. The van der Waals surface area contributed by atoms with Crippen molar-refractivity contribution in [3.05, 3.63) is 35.9 Å². The average Bonchev–Trinajstić information content (AvgIpc) is 3.21. The molecule has 5 heteroatoms. The molecule has 0 bridgehead atoms. The van der Waals surface area contributed by atoms with E-state index in [1.165, 1.54) is 4.90 Å². The van der Waals surface area contributed by atoms with E-state index in [1.54, 1.807) is 19.2 Å². The minimum Gasteiger partial charge on any atom is -0.352 e. The Balaban J connectivity index is 1.88. The average molecular weight is 281 g/mol. The summed E-state index contributed by atoms with van der Waals surface area (Å²) in [7, 11) is 1.59. The zero-order valence-electron chi connectivity index (χ0n) is 10.8. The van der Waals surface area contributed by atoms with Crippen LogP contribution in [0.2, 0.25) is 0 Å². The van der Waals surface area contributed by atoms with Crippen LogP contribution in [-0.2, 0) is 9.59 Å². The Morgan fingerprint density at radius 2 is 2.00 bits per heavy atom. The van der Waals surface area contributed by atoms with Gasteiger partial charge < -0.3 is 10.2 Å². The number of nitrogens with zero attached hydrogens (tertiary/aromatic N) is 1. The largest absolute Gasteiger partial charge is 0.352 e. The van der Waals surface area contributed by atoms with Crippen molar-refractivity contribution in [2.45, 2.75) is 24.3 Å². The molecule has 1 fully saturated rings. The van der Waals surface area contributed by atoms with Gasteiger partial charge >= 0.3 is 0 Å². The van der Waals surface area contributed by atoms with Crippen LogP contribution in [0.15, 0.2) is 30.3 Å². The number of carbonyl (C=O) groups is 2. The number of nitrogens with one attached hydrogen (secondary N) is 1. The maximum absolute atomic E-state index is 12.1. The molecule has 2 rings (SSSR count). The highest BCUT2D eigenvalue weighted by atomic mass is 35.5. The molecule has 0 spiro atoms. The monoisotopic (exact) mass is 280 g/mol. The van der Waals surface area contributed by atoms with Gasteiger partial charge in [0.25, 0.3) is 0 Å². The Bertz CT molecular complexity index is 460. The summed E-state index contributed by atoms with van der Waals surface area (Å²) >= 11 is 6.13. The fraction of sp³-hybridized carbons (Fsp3) is 0.429. The van der Waals surface area contributed by atoms with Crippen LogP contribution in [0.3, 0.4) is 0 Å². The van der Waals surface area contributed by atoms with Crippen LogP contribution in [-0.4, -0.2) is 36.3 Å². The van der Waals surface area contributed by atoms with Crippen molar-refractivity contribution in [1.29, 1.82) is 0 Å². The number of halogens is 1. The molecular weight excluding hydrogens is 264 g/mol. The summed E-state index contributed by atoms with van der Waals surface area (Å²) < 4.78 is 0. The highest BCUT2D eigenvalue weighted by Crippen LogP contribution is 2.22. The van der Waals surface area contributed by atoms with Crippen molar-refractivity contribution in [1.82, 2.24) is 10.2 Å². The molecule has 1 saturated carbocycles. The van der Waals surface area contributed by atoms with E-state index < -0.39 is 5.38 Å². The van der Waals surface area contributed by atoms with Crippen LogP contribution in [0.4, 0.5) is 0 Å². The number of hydrogen-bond donors (Lipinski definition) is 1. The lowest BCUT2D eigenvalue weighted by Gasteiger charge is -2.20. The number of carbonyl (C=O) groups excluding carboxylic acids is 2. The summed E-state index contributed by atoms with van der Waals surface area (Å²) in [4.78, 5) is 25.1. The van der Waals surface area contributed by atoms with Gasteiger partial charge in [-0.1, -0.05) is 30.3 Å². The first-order valence-corrected chi connectivity index (χ1v) is 6.75. The first-order chi connectivity index (χ1) is 9.08. The lowest BCUT2D eigenvalue weighted by molar-refractivity contribution is -0.134. The third kappa shape index (κ3) is 3.96. The topological polar surface area (TPSA) is 49.4 Å². The van der Waals surface area contributed by atoms with Gasteiger partial charge in [0.1, 0.15) is 5.38 Å². The van der Waals surface area contributed by atoms with Crippen molar-refractivity contribution in [2.24, 2.45) is 0 Å². The number of amides is 2. The van der Waals surface area contributed by atoms with Gasteiger partial charge in [-0.15, -0.1) is 11.6 Å². The molecule has 19 heavy (non-hydrogen) atoms. The number of likely N-dealkylation sites (N-methyl/N-ethyl adjacent to an activating group) is 1. The molecule has 0 saturated heterocycles. The van der Waals surface area contributed by atoms with E-state index in [9.17, 15) is 9.59 Å². The second kappa shape index (κ2) is 6.06. The van der Waals surface area contributed by atoms with Crippen molar-refractivity contribution < 1.29 is 9.59 Å². The zero-order chi connectivity index (χ0) is 13.8. The number of hydrogen-bond acceptors (Lipinski definition) is 2. The van der Waals surface area contributed by atoms with E-state index in [4.69, 9.17) is 11.6 Å². The van der Waals surface area contributed by atoms with E-state index in [2.05, 4.69) is 5.32 Å². The van der Waals surface area contributed by atoms with Crippen molar-refractivity contribution >= 4 is 23.4 Å². The minimum absolute atomic E-state index is 0.0470. The molecule has 102 valence electrons. The van der Waals surface area contributed by atoms with Gasteiger partial charge in [-0.3, -0.25) is 9.59 Å².